The summed E-state index contributed by atoms with van der Waals surface area (Å²) in [7, 11) is 1.65. The normalized spacial score (nSPS) is 14.3. The molecule has 0 saturated carbocycles. The molecule has 0 aliphatic carbocycles. The molecule has 0 unspecified atom stereocenters. The van der Waals surface area contributed by atoms with E-state index in [0.29, 0.717) is 5.75 Å². The third-order valence-corrected chi connectivity index (χ3v) is 5.15. The Morgan fingerprint density at radius 3 is 2.36 bits per heavy atom. The Labute approximate surface area is 165 Å². The van der Waals surface area contributed by atoms with Crippen LogP contribution in [0.25, 0.3) is 23.3 Å². The number of hydrogen-bond donors (Lipinski definition) is 1. The minimum atomic E-state index is -0.458. The standard InChI is InChI=1S/C25H24O3/c1-16-5-12-21-20(13-16)24-22(26)14-18(15-23(24)28-25(21,2)3)7-6-17-8-10-19(27-4)11-9-17/h5-15,26H,1-4H3/b7-6+. The van der Waals surface area contributed by atoms with Crippen LogP contribution in [0.5, 0.6) is 17.2 Å². The second kappa shape index (κ2) is 6.75. The molecule has 3 nitrogen and oxygen atoms in total. The number of methoxy groups -OCH3 is 1. The number of benzene rings is 3. The number of ether oxygens (including phenoxy) is 2. The van der Waals surface area contributed by atoms with E-state index in [0.717, 1.165) is 39.1 Å². The van der Waals surface area contributed by atoms with Crippen molar-refractivity contribution in [1.82, 2.24) is 0 Å². The zero-order chi connectivity index (χ0) is 19.9. The molecule has 1 heterocycles. The predicted molar refractivity (Wildman–Crippen MR) is 114 cm³/mol. The minimum absolute atomic E-state index is 0.231. The maximum atomic E-state index is 10.8. The first-order chi connectivity index (χ1) is 13.4. The quantitative estimate of drug-likeness (QED) is 0.558. The van der Waals surface area contributed by atoms with Crippen molar-refractivity contribution in [2.75, 3.05) is 7.11 Å². The molecule has 3 aromatic rings. The Morgan fingerprint density at radius 1 is 0.929 bits per heavy atom. The molecule has 0 saturated heterocycles. The third kappa shape index (κ3) is 3.24. The summed E-state index contributed by atoms with van der Waals surface area (Å²) in [5.41, 5.74) is 5.53. The number of phenolic OH excluding ortho intramolecular Hbond substituents is 1. The van der Waals surface area contributed by atoms with Crippen molar-refractivity contribution in [2.45, 2.75) is 26.4 Å². The minimum Gasteiger partial charge on any atom is -0.507 e. The average Bonchev–Trinajstić information content (AvgIpc) is 2.65. The van der Waals surface area contributed by atoms with E-state index in [1.54, 1.807) is 13.2 Å². The van der Waals surface area contributed by atoms with Crippen LogP contribution in [0.15, 0.2) is 54.6 Å². The Hall–Kier alpha value is -3.20. The Kier molecular flexibility index (Phi) is 4.38. The maximum absolute atomic E-state index is 10.8. The molecule has 0 aromatic heterocycles. The largest absolute Gasteiger partial charge is 0.507 e. The molecule has 4 rings (SSSR count). The Bertz CT molecular complexity index is 1060. The van der Waals surface area contributed by atoms with E-state index in [4.69, 9.17) is 9.47 Å². The fraction of sp³-hybridized carbons (Fsp3) is 0.200. The van der Waals surface area contributed by atoms with Gasteiger partial charge in [-0.15, -0.1) is 0 Å². The van der Waals surface area contributed by atoms with Crippen LogP contribution in [-0.4, -0.2) is 12.2 Å². The highest BCUT2D eigenvalue weighted by Gasteiger charge is 2.34. The molecule has 1 aliphatic rings. The molecule has 0 fully saturated rings. The lowest BCUT2D eigenvalue weighted by Crippen LogP contribution is -2.29. The topological polar surface area (TPSA) is 38.7 Å². The van der Waals surface area contributed by atoms with Crippen LogP contribution in [0.2, 0.25) is 0 Å². The second-order valence-electron chi connectivity index (χ2n) is 7.68. The van der Waals surface area contributed by atoms with Gasteiger partial charge in [0.15, 0.2) is 0 Å². The predicted octanol–water partition coefficient (Wildman–Crippen LogP) is 6.17. The second-order valence-corrected chi connectivity index (χ2v) is 7.68. The summed E-state index contributed by atoms with van der Waals surface area (Å²) in [4.78, 5) is 0. The fourth-order valence-electron chi connectivity index (χ4n) is 3.70. The molecule has 0 spiro atoms. The van der Waals surface area contributed by atoms with E-state index >= 15 is 0 Å². The highest BCUT2D eigenvalue weighted by Crippen LogP contribution is 2.49. The Balaban J connectivity index is 1.75. The van der Waals surface area contributed by atoms with Crippen LogP contribution in [0.3, 0.4) is 0 Å². The molecule has 3 heteroatoms. The zero-order valence-electron chi connectivity index (χ0n) is 16.6. The summed E-state index contributed by atoms with van der Waals surface area (Å²) < 4.78 is 11.5. The van der Waals surface area contributed by atoms with E-state index in [1.807, 2.05) is 42.5 Å². The van der Waals surface area contributed by atoms with Crippen LogP contribution in [-0.2, 0) is 5.60 Å². The lowest BCUT2D eigenvalue weighted by Gasteiger charge is -2.35. The van der Waals surface area contributed by atoms with Crippen molar-refractivity contribution in [3.63, 3.8) is 0 Å². The van der Waals surface area contributed by atoms with Crippen molar-refractivity contribution in [3.8, 4) is 28.4 Å². The third-order valence-electron chi connectivity index (χ3n) is 5.15. The smallest absolute Gasteiger partial charge is 0.132 e. The molecular weight excluding hydrogens is 348 g/mol. The first-order valence-electron chi connectivity index (χ1n) is 9.37. The number of aromatic hydroxyl groups is 1. The van der Waals surface area contributed by atoms with Gasteiger partial charge in [0.25, 0.3) is 0 Å². The van der Waals surface area contributed by atoms with Gasteiger partial charge >= 0.3 is 0 Å². The van der Waals surface area contributed by atoms with Crippen molar-refractivity contribution >= 4 is 12.2 Å². The molecule has 28 heavy (non-hydrogen) atoms. The molecular formula is C25H24O3. The highest BCUT2D eigenvalue weighted by molar-refractivity contribution is 5.84. The monoisotopic (exact) mass is 372 g/mol. The molecule has 0 atom stereocenters. The van der Waals surface area contributed by atoms with E-state index in [9.17, 15) is 5.11 Å². The number of rotatable bonds is 3. The highest BCUT2D eigenvalue weighted by atomic mass is 16.5. The summed E-state index contributed by atoms with van der Waals surface area (Å²) in [5, 5.41) is 10.8. The summed E-state index contributed by atoms with van der Waals surface area (Å²) in [6, 6.07) is 17.9. The van der Waals surface area contributed by atoms with Crippen molar-refractivity contribution in [1.29, 1.82) is 0 Å². The van der Waals surface area contributed by atoms with Crippen LogP contribution >= 0.6 is 0 Å². The summed E-state index contributed by atoms with van der Waals surface area (Å²) in [6.07, 6.45) is 3.98. The van der Waals surface area contributed by atoms with Gasteiger partial charge in [-0.3, -0.25) is 0 Å². The van der Waals surface area contributed by atoms with Gasteiger partial charge in [0.05, 0.1) is 12.7 Å². The van der Waals surface area contributed by atoms with Gasteiger partial charge in [0.1, 0.15) is 22.8 Å². The molecule has 0 bridgehead atoms. The molecule has 1 N–H and O–H groups in total. The first-order valence-corrected chi connectivity index (χ1v) is 9.37. The van der Waals surface area contributed by atoms with E-state index < -0.39 is 5.60 Å². The van der Waals surface area contributed by atoms with E-state index in [2.05, 4.69) is 39.0 Å². The van der Waals surface area contributed by atoms with Gasteiger partial charge in [-0.1, -0.05) is 48.0 Å². The van der Waals surface area contributed by atoms with Gasteiger partial charge in [-0.05, 0) is 61.7 Å². The van der Waals surface area contributed by atoms with E-state index in [1.165, 1.54) is 0 Å². The maximum Gasteiger partial charge on any atom is 0.132 e. The SMILES string of the molecule is COc1ccc(/C=C/c2cc(O)c3c(c2)OC(C)(C)c2ccc(C)cc2-3)cc1. The van der Waals surface area contributed by atoms with Gasteiger partial charge in [0, 0.05) is 5.56 Å². The lowest BCUT2D eigenvalue weighted by atomic mass is 9.84. The number of hydrogen-bond acceptors (Lipinski definition) is 3. The fourth-order valence-corrected chi connectivity index (χ4v) is 3.70. The molecule has 1 aliphatic heterocycles. The van der Waals surface area contributed by atoms with Crippen molar-refractivity contribution in [3.05, 3.63) is 76.9 Å². The van der Waals surface area contributed by atoms with Gasteiger partial charge in [-0.2, -0.15) is 0 Å². The summed E-state index contributed by atoms with van der Waals surface area (Å²) >= 11 is 0. The van der Waals surface area contributed by atoms with Crippen LogP contribution in [0, 0.1) is 6.92 Å². The van der Waals surface area contributed by atoms with Crippen LogP contribution < -0.4 is 9.47 Å². The lowest BCUT2D eigenvalue weighted by molar-refractivity contribution is 0.105. The van der Waals surface area contributed by atoms with Crippen molar-refractivity contribution < 1.29 is 14.6 Å². The van der Waals surface area contributed by atoms with Crippen molar-refractivity contribution in [2.24, 2.45) is 0 Å². The Morgan fingerprint density at radius 2 is 1.64 bits per heavy atom. The van der Waals surface area contributed by atoms with E-state index in [-0.39, 0.29) is 5.75 Å². The zero-order valence-corrected chi connectivity index (χ0v) is 16.6. The molecule has 0 radical (unpaired) electrons. The molecule has 142 valence electrons. The van der Waals surface area contributed by atoms with Gasteiger partial charge < -0.3 is 14.6 Å². The number of aryl methyl sites for hydroxylation is 1. The summed E-state index contributed by atoms with van der Waals surface area (Å²) in [6.45, 7) is 6.17. The number of phenols is 1. The first kappa shape index (κ1) is 18.2. The molecule has 0 amide bonds. The average molecular weight is 372 g/mol. The number of fused-ring (bicyclic) bond motifs is 3. The van der Waals surface area contributed by atoms with Crippen LogP contribution in [0.4, 0.5) is 0 Å². The van der Waals surface area contributed by atoms with Crippen LogP contribution in [0.1, 0.15) is 36.1 Å². The molecule has 3 aromatic carbocycles. The summed E-state index contributed by atoms with van der Waals surface area (Å²) in [5.74, 6) is 1.76. The van der Waals surface area contributed by atoms with Gasteiger partial charge in [0.2, 0.25) is 0 Å². The van der Waals surface area contributed by atoms with Gasteiger partial charge in [-0.25, -0.2) is 0 Å².